The van der Waals surface area contributed by atoms with E-state index in [9.17, 15) is 0 Å². The van der Waals surface area contributed by atoms with Crippen LogP contribution in [-0.2, 0) is 0 Å². The van der Waals surface area contributed by atoms with Crippen LogP contribution in [0.5, 0.6) is 0 Å². The predicted molar refractivity (Wildman–Crippen MR) is 23.2 cm³/mol. The summed E-state index contributed by atoms with van der Waals surface area (Å²) in [6, 6.07) is 0. The summed E-state index contributed by atoms with van der Waals surface area (Å²) < 4.78 is 0. The minimum absolute atomic E-state index is 0.215. The Morgan fingerprint density at radius 3 is 2.67 bits per heavy atom. The number of aliphatic hydroxyl groups excluding tert-OH is 1. The summed E-state index contributed by atoms with van der Waals surface area (Å²) in [5.41, 5.74) is 1.09. The van der Waals surface area contributed by atoms with E-state index in [1.165, 1.54) is 0 Å². The van der Waals surface area contributed by atoms with Crippen molar-refractivity contribution in [2.75, 3.05) is 13.2 Å². The lowest BCUT2D eigenvalue weighted by Gasteiger charge is -2.12. The first-order chi connectivity index (χ1) is 2.93. The molecule has 2 nitrogen and oxygen atoms in total. The van der Waals surface area contributed by atoms with Gasteiger partial charge in [-0.2, -0.15) is 0 Å². The van der Waals surface area contributed by atoms with Crippen molar-refractivity contribution in [3.63, 3.8) is 0 Å². The molecule has 2 heteroatoms. The van der Waals surface area contributed by atoms with Gasteiger partial charge >= 0.3 is 0 Å². The van der Waals surface area contributed by atoms with E-state index < -0.39 is 0 Å². The van der Waals surface area contributed by atoms with E-state index in [-0.39, 0.29) is 6.61 Å². The topological polar surface area (TPSA) is 32.3 Å². The average molecular weight is 85.1 g/mol. The zero-order valence-corrected chi connectivity index (χ0v) is 3.44. The molecule has 1 aliphatic heterocycles. The van der Waals surface area contributed by atoms with Crippen LogP contribution in [0.3, 0.4) is 0 Å². The Balaban J connectivity index is 2.32. The van der Waals surface area contributed by atoms with E-state index in [0.29, 0.717) is 0 Å². The third-order valence-electron chi connectivity index (χ3n) is 0.838. The van der Waals surface area contributed by atoms with Crippen LogP contribution in [0.2, 0.25) is 0 Å². The SMILES string of the molecule is OCC1=CNC1. The molecule has 6 heavy (non-hydrogen) atoms. The highest BCUT2D eigenvalue weighted by molar-refractivity contribution is 5.12. The van der Waals surface area contributed by atoms with Gasteiger partial charge in [-0.3, -0.25) is 0 Å². The largest absolute Gasteiger partial charge is 0.392 e. The van der Waals surface area contributed by atoms with Gasteiger partial charge in [0.25, 0.3) is 0 Å². The molecule has 0 atom stereocenters. The standard InChI is InChI=1S/C4H7NO/c6-3-4-1-5-2-4/h1,5-6H,2-3H2. The first-order valence-corrected chi connectivity index (χ1v) is 1.95. The van der Waals surface area contributed by atoms with Gasteiger partial charge in [0.05, 0.1) is 6.61 Å². The summed E-state index contributed by atoms with van der Waals surface area (Å²) in [6.07, 6.45) is 1.82. The number of rotatable bonds is 1. The van der Waals surface area contributed by atoms with Gasteiger partial charge in [-0.05, 0) is 11.8 Å². The fourth-order valence-electron chi connectivity index (χ4n) is 0.348. The molecule has 0 radical (unpaired) electrons. The Hall–Kier alpha value is -0.500. The maximum atomic E-state index is 8.28. The predicted octanol–water partition coefficient (Wildman–Crippen LogP) is -0.534. The van der Waals surface area contributed by atoms with E-state index >= 15 is 0 Å². The molecular weight excluding hydrogens is 78.0 g/mol. The van der Waals surface area contributed by atoms with Gasteiger partial charge in [-0.25, -0.2) is 0 Å². The smallest absolute Gasteiger partial charge is 0.0675 e. The third-order valence-corrected chi connectivity index (χ3v) is 0.838. The minimum Gasteiger partial charge on any atom is -0.392 e. The molecule has 0 saturated heterocycles. The molecule has 1 aliphatic rings. The van der Waals surface area contributed by atoms with Crippen LogP contribution in [0.1, 0.15) is 0 Å². The Bertz CT molecular complexity index is 77.6. The van der Waals surface area contributed by atoms with Crippen LogP contribution in [0, 0.1) is 0 Å². The van der Waals surface area contributed by atoms with Crippen LogP contribution in [0.4, 0.5) is 0 Å². The molecule has 0 aromatic carbocycles. The summed E-state index contributed by atoms with van der Waals surface area (Å²) in [5.74, 6) is 0. The maximum Gasteiger partial charge on any atom is 0.0675 e. The Labute approximate surface area is 36.5 Å². The number of nitrogens with one attached hydrogen (secondary N) is 1. The van der Waals surface area contributed by atoms with Gasteiger partial charge in [0.2, 0.25) is 0 Å². The van der Waals surface area contributed by atoms with Crippen molar-refractivity contribution >= 4 is 0 Å². The average Bonchev–Trinajstić information content (AvgIpc) is 1.31. The third kappa shape index (κ3) is 0.389. The fraction of sp³-hybridized carbons (Fsp3) is 0.500. The molecule has 0 amide bonds. The van der Waals surface area contributed by atoms with Gasteiger partial charge in [0.1, 0.15) is 0 Å². The number of hydrogen-bond donors (Lipinski definition) is 2. The second-order valence-electron chi connectivity index (χ2n) is 1.34. The molecule has 0 aromatic heterocycles. The summed E-state index contributed by atoms with van der Waals surface area (Å²) in [7, 11) is 0. The molecule has 2 N–H and O–H groups in total. The lowest BCUT2D eigenvalue weighted by Crippen LogP contribution is -2.23. The zero-order valence-electron chi connectivity index (χ0n) is 3.44. The molecule has 0 fully saturated rings. The monoisotopic (exact) mass is 85.1 g/mol. The number of aliphatic hydroxyl groups is 1. The quantitative estimate of drug-likeness (QED) is 0.448. The van der Waals surface area contributed by atoms with Crippen molar-refractivity contribution in [3.05, 3.63) is 11.8 Å². The van der Waals surface area contributed by atoms with Crippen LogP contribution >= 0.6 is 0 Å². The zero-order chi connectivity index (χ0) is 4.41. The molecule has 0 saturated carbocycles. The van der Waals surface area contributed by atoms with E-state index in [4.69, 9.17) is 5.11 Å². The van der Waals surface area contributed by atoms with Crippen molar-refractivity contribution in [1.82, 2.24) is 5.32 Å². The summed E-state index contributed by atoms with van der Waals surface area (Å²) in [5, 5.41) is 11.2. The van der Waals surface area contributed by atoms with E-state index in [2.05, 4.69) is 5.32 Å². The maximum absolute atomic E-state index is 8.28. The summed E-state index contributed by atoms with van der Waals surface area (Å²) in [6.45, 7) is 1.09. The minimum atomic E-state index is 0.215. The highest BCUT2D eigenvalue weighted by Gasteiger charge is 1.99. The fourth-order valence-corrected chi connectivity index (χ4v) is 0.348. The molecule has 0 aliphatic carbocycles. The van der Waals surface area contributed by atoms with Crippen molar-refractivity contribution in [3.8, 4) is 0 Å². The first kappa shape index (κ1) is 3.68. The molecule has 1 heterocycles. The molecule has 34 valence electrons. The first-order valence-electron chi connectivity index (χ1n) is 1.95. The highest BCUT2D eigenvalue weighted by atomic mass is 16.3. The van der Waals surface area contributed by atoms with Crippen molar-refractivity contribution in [2.45, 2.75) is 0 Å². The van der Waals surface area contributed by atoms with Crippen LogP contribution in [0.25, 0.3) is 0 Å². The van der Waals surface area contributed by atoms with Crippen LogP contribution < -0.4 is 5.32 Å². The lowest BCUT2D eigenvalue weighted by molar-refractivity contribution is 0.322. The Kier molecular flexibility index (Phi) is 0.801. The Morgan fingerprint density at radius 1 is 2.00 bits per heavy atom. The van der Waals surface area contributed by atoms with Gasteiger partial charge in [-0.15, -0.1) is 0 Å². The van der Waals surface area contributed by atoms with Gasteiger partial charge < -0.3 is 10.4 Å². The van der Waals surface area contributed by atoms with E-state index in [0.717, 1.165) is 12.1 Å². The van der Waals surface area contributed by atoms with E-state index in [1.807, 2.05) is 6.20 Å². The molecule has 0 spiro atoms. The summed E-state index contributed by atoms with van der Waals surface area (Å²) in [4.78, 5) is 0. The second kappa shape index (κ2) is 1.30. The number of hydrogen-bond acceptors (Lipinski definition) is 2. The van der Waals surface area contributed by atoms with Crippen molar-refractivity contribution < 1.29 is 5.11 Å². The molecule has 1 rings (SSSR count). The highest BCUT2D eigenvalue weighted by Crippen LogP contribution is 1.95. The molecule has 0 unspecified atom stereocenters. The normalized spacial score (nSPS) is 17.8. The second-order valence-corrected chi connectivity index (χ2v) is 1.34. The van der Waals surface area contributed by atoms with Crippen molar-refractivity contribution in [2.24, 2.45) is 0 Å². The van der Waals surface area contributed by atoms with Crippen LogP contribution in [-0.4, -0.2) is 18.3 Å². The summed E-state index contributed by atoms with van der Waals surface area (Å²) >= 11 is 0. The van der Waals surface area contributed by atoms with Gasteiger partial charge in [-0.1, -0.05) is 0 Å². The van der Waals surface area contributed by atoms with Crippen LogP contribution in [0.15, 0.2) is 11.8 Å². The molecule has 0 bridgehead atoms. The van der Waals surface area contributed by atoms with Gasteiger partial charge in [0.15, 0.2) is 0 Å². The Morgan fingerprint density at radius 2 is 2.67 bits per heavy atom. The van der Waals surface area contributed by atoms with E-state index in [1.54, 1.807) is 0 Å². The molecular formula is C4H7NO. The van der Waals surface area contributed by atoms with Crippen molar-refractivity contribution in [1.29, 1.82) is 0 Å². The molecule has 0 aromatic rings. The lowest BCUT2D eigenvalue weighted by atomic mass is 10.2. The van der Waals surface area contributed by atoms with Gasteiger partial charge in [0, 0.05) is 6.54 Å².